The molecule has 17 heavy (non-hydrogen) atoms. The van der Waals surface area contributed by atoms with Crippen molar-refractivity contribution < 1.29 is 9.47 Å². The molecule has 94 valence electrons. The summed E-state index contributed by atoms with van der Waals surface area (Å²) in [5.74, 6) is 0.706. The Bertz CT molecular complexity index is 338. The predicted molar refractivity (Wildman–Crippen MR) is 66.1 cm³/mol. The summed E-state index contributed by atoms with van der Waals surface area (Å²) in [5, 5.41) is 3.40. The van der Waals surface area contributed by atoms with E-state index in [2.05, 4.69) is 10.3 Å². The number of hydrogen-bond donors (Lipinski definition) is 1. The summed E-state index contributed by atoms with van der Waals surface area (Å²) in [6.45, 7) is 2.70. The quantitative estimate of drug-likeness (QED) is 0.764. The first-order valence-corrected chi connectivity index (χ1v) is 6.20. The van der Waals surface area contributed by atoms with Gasteiger partial charge in [0.1, 0.15) is 0 Å². The SMILES string of the molecule is COc1ncccc1CNCCC1CCCO1. The Hall–Kier alpha value is -1.13. The van der Waals surface area contributed by atoms with Gasteiger partial charge in [-0.05, 0) is 31.9 Å². The van der Waals surface area contributed by atoms with Crippen molar-refractivity contribution >= 4 is 0 Å². The average molecular weight is 236 g/mol. The number of methoxy groups -OCH3 is 1. The van der Waals surface area contributed by atoms with Crippen LogP contribution in [0.4, 0.5) is 0 Å². The van der Waals surface area contributed by atoms with Gasteiger partial charge in [0, 0.05) is 24.9 Å². The van der Waals surface area contributed by atoms with Crippen LogP contribution in [0.3, 0.4) is 0 Å². The largest absolute Gasteiger partial charge is 0.481 e. The maximum Gasteiger partial charge on any atom is 0.217 e. The van der Waals surface area contributed by atoms with Crippen LogP contribution in [0.2, 0.25) is 0 Å². The van der Waals surface area contributed by atoms with Gasteiger partial charge in [-0.25, -0.2) is 4.98 Å². The molecule has 4 heteroatoms. The fraction of sp³-hybridized carbons (Fsp3) is 0.615. The summed E-state index contributed by atoms with van der Waals surface area (Å²) in [5.41, 5.74) is 1.10. The molecular weight excluding hydrogens is 216 g/mol. The maximum atomic E-state index is 5.57. The van der Waals surface area contributed by atoms with Crippen LogP contribution in [0.25, 0.3) is 0 Å². The molecule has 0 amide bonds. The van der Waals surface area contributed by atoms with E-state index in [1.165, 1.54) is 12.8 Å². The second-order valence-corrected chi connectivity index (χ2v) is 4.27. The van der Waals surface area contributed by atoms with Crippen molar-refractivity contribution in [2.24, 2.45) is 0 Å². The van der Waals surface area contributed by atoms with E-state index in [1.54, 1.807) is 13.3 Å². The first-order valence-electron chi connectivity index (χ1n) is 6.20. The van der Waals surface area contributed by atoms with E-state index in [9.17, 15) is 0 Å². The van der Waals surface area contributed by atoms with Gasteiger partial charge in [0.15, 0.2) is 0 Å². The summed E-state index contributed by atoms with van der Waals surface area (Å²) in [7, 11) is 1.65. The molecule has 0 aliphatic carbocycles. The highest BCUT2D eigenvalue weighted by molar-refractivity contribution is 5.24. The molecule has 1 N–H and O–H groups in total. The highest BCUT2D eigenvalue weighted by Crippen LogP contribution is 2.15. The Morgan fingerprint density at radius 1 is 1.59 bits per heavy atom. The topological polar surface area (TPSA) is 43.4 Å². The number of nitrogens with one attached hydrogen (secondary N) is 1. The molecule has 1 fully saturated rings. The van der Waals surface area contributed by atoms with E-state index in [1.807, 2.05) is 12.1 Å². The molecule has 2 heterocycles. The maximum absolute atomic E-state index is 5.57. The van der Waals surface area contributed by atoms with Crippen LogP contribution in [0, 0.1) is 0 Å². The molecule has 1 aliphatic rings. The van der Waals surface area contributed by atoms with Crippen molar-refractivity contribution in [3.63, 3.8) is 0 Å². The van der Waals surface area contributed by atoms with Crippen LogP contribution in [0.5, 0.6) is 5.88 Å². The number of nitrogens with zero attached hydrogens (tertiary/aromatic N) is 1. The Morgan fingerprint density at radius 2 is 2.53 bits per heavy atom. The number of rotatable bonds is 6. The summed E-state index contributed by atoms with van der Waals surface area (Å²) in [6, 6.07) is 3.96. The Labute approximate surface area is 102 Å². The molecule has 1 saturated heterocycles. The number of ether oxygens (including phenoxy) is 2. The lowest BCUT2D eigenvalue weighted by Gasteiger charge is -2.11. The van der Waals surface area contributed by atoms with E-state index in [4.69, 9.17) is 9.47 Å². The normalized spacial score (nSPS) is 19.5. The van der Waals surface area contributed by atoms with Crippen molar-refractivity contribution in [1.82, 2.24) is 10.3 Å². The zero-order valence-corrected chi connectivity index (χ0v) is 10.3. The summed E-state index contributed by atoms with van der Waals surface area (Å²) < 4.78 is 10.8. The van der Waals surface area contributed by atoms with Gasteiger partial charge >= 0.3 is 0 Å². The molecule has 1 unspecified atom stereocenters. The standard InChI is InChI=1S/C13H20N2O2/c1-16-13-11(4-2-7-15-13)10-14-8-6-12-5-3-9-17-12/h2,4,7,12,14H,3,5-6,8-10H2,1H3. The predicted octanol–water partition coefficient (Wildman–Crippen LogP) is 1.75. The zero-order chi connectivity index (χ0) is 11.9. The molecule has 1 aliphatic heterocycles. The van der Waals surface area contributed by atoms with Crippen LogP contribution in [0.15, 0.2) is 18.3 Å². The highest BCUT2D eigenvalue weighted by atomic mass is 16.5. The van der Waals surface area contributed by atoms with E-state index >= 15 is 0 Å². The summed E-state index contributed by atoms with van der Waals surface area (Å²) in [4.78, 5) is 4.17. The van der Waals surface area contributed by atoms with E-state index in [0.717, 1.165) is 31.7 Å². The van der Waals surface area contributed by atoms with Gasteiger partial charge < -0.3 is 14.8 Å². The minimum absolute atomic E-state index is 0.457. The number of hydrogen-bond acceptors (Lipinski definition) is 4. The van der Waals surface area contributed by atoms with Gasteiger partial charge in [-0.1, -0.05) is 6.07 Å². The molecule has 1 aromatic rings. The van der Waals surface area contributed by atoms with E-state index < -0.39 is 0 Å². The average Bonchev–Trinajstić information content (AvgIpc) is 2.88. The molecule has 0 spiro atoms. The molecule has 1 atom stereocenters. The van der Waals surface area contributed by atoms with Crippen LogP contribution in [0.1, 0.15) is 24.8 Å². The number of pyridine rings is 1. The lowest BCUT2D eigenvalue weighted by atomic mass is 10.2. The first kappa shape index (κ1) is 12.3. The molecule has 0 radical (unpaired) electrons. The van der Waals surface area contributed by atoms with Crippen molar-refractivity contribution in [2.75, 3.05) is 20.3 Å². The fourth-order valence-electron chi connectivity index (χ4n) is 2.10. The van der Waals surface area contributed by atoms with E-state index in [0.29, 0.717) is 12.0 Å². The van der Waals surface area contributed by atoms with Crippen LogP contribution >= 0.6 is 0 Å². The van der Waals surface area contributed by atoms with Crippen molar-refractivity contribution in [3.05, 3.63) is 23.9 Å². The monoisotopic (exact) mass is 236 g/mol. The van der Waals surface area contributed by atoms with E-state index in [-0.39, 0.29) is 0 Å². The lowest BCUT2D eigenvalue weighted by molar-refractivity contribution is 0.104. The molecule has 4 nitrogen and oxygen atoms in total. The van der Waals surface area contributed by atoms with Crippen molar-refractivity contribution in [1.29, 1.82) is 0 Å². The second-order valence-electron chi connectivity index (χ2n) is 4.27. The van der Waals surface area contributed by atoms with Gasteiger partial charge in [-0.3, -0.25) is 0 Å². The Morgan fingerprint density at radius 3 is 3.29 bits per heavy atom. The first-order chi connectivity index (χ1) is 8.40. The molecule has 0 bridgehead atoms. The molecule has 2 rings (SSSR count). The van der Waals surface area contributed by atoms with Crippen molar-refractivity contribution in [3.8, 4) is 5.88 Å². The van der Waals surface area contributed by atoms with Crippen molar-refractivity contribution in [2.45, 2.75) is 31.9 Å². The minimum Gasteiger partial charge on any atom is -0.481 e. The van der Waals surface area contributed by atoms with Crippen LogP contribution in [-0.4, -0.2) is 31.3 Å². The van der Waals surface area contributed by atoms with Crippen LogP contribution < -0.4 is 10.1 Å². The lowest BCUT2D eigenvalue weighted by Crippen LogP contribution is -2.20. The van der Waals surface area contributed by atoms with Gasteiger partial charge in [0.2, 0.25) is 5.88 Å². The Kier molecular flexibility index (Phi) is 4.76. The molecule has 0 aromatic carbocycles. The molecule has 1 aromatic heterocycles. The van der Waals surface area contributed by atoms with Crippen LogP contribution in [-0.2, 0) is 11.3 Å². The Balaban J connectivity index is 1.70. The minimum atomic E-state index is 0.457. The summed E-state index contributed by atoms with van der Waals surface area (Å²) >= 11 is 0. The third-order valence-electron chi connectivity index (χ3n) is 3.03. The van der Waals surface area contributed by atoms with Gasteiger partial charge in [-0.15, -0.1) is 0 Å². The van der Waals surface area contributed by atoms with Gasteiger partial charge in [-0.2, -0.15) is 0 Å². The molecular formula is C13H20N2O2. The third-order valence-corrected chi connectivity index (χ3v) is 3.03. The second kappa shape index (κ2) is 6.57. The smallest absolute Gasteiger partial charge is 0.217 e. The summed E-state index contributed by atoms with van der Waals surface area (Å²) in [6.07, 6.45) is 5.70. The zero-order valence-electron chi connectivity index (χ0n) is 10.3. The highest BCUT2D eigenvalue weighted by Gasteiger charge is 2.14. The van der Waals surface area contributed by atoms with Gasteiger partial charge in [0.05, 0.1) is 13.2 Å². The molecule has 0 saturated carbocycles. The third kappa shape index (κ3) is 3.68. The fourth-order valence-corrected chi connectivity index (χ4v) is 2.10. The number of aromatic nitrogens is 1. The van der Waals surface area contributed by atoms with Gasteiger partial charge in [0.25, 0.3) is 0 Å².